The molecule has 28 heavy (non-hydrogen) atoms. The summed E-state index contributed by atoms with van der Waals surface area (Å²) >= 11 is 3.82. The van der Waals surface area contributed by atoms with E-state index in [4.69, 9.17) is 0 Å². The quantitative estimate of drug-likeness (QED) is 0.304. The molecule has 0 radical (unpaired) electrons. The molecule has 0 unspecified atom stereocenters. The molecule has 1 aliphatic carbocycles. The molecule has 0 fully saturated rings. The van der Waals surface area contributed by atoms with Crippen LogP contribution in [0, 0.1) is 0 Å². The van der Waals surface area contributed by atoms with Crippen LogP contribution in [0.4, 0.5) is 0 Å². The summed E-state index contributed by atoms with van der Waals surface area (Å²) < 4.78 is 1.13. The minimum atomic E-state index is 0.0262. The topological polar surface area (TPSA) is 0 Å². The van der Waals surface area contributed by atoms with Gasteiger partial charge in [0.1, 0.15) is 0 Å². The van der Waals surface area contributed by atoms with Crippen LogP contribution >= 0.6 is 15.9 Å². The van der Waals surface area contributed by atoms with Crippen LogP contribution in [0.3, 0.4) is 0 Å². The summed E-state index contributed by atoms with van der Waals surface area (Å²) in [5, 5.41) is 0. The Balaban J connectivity index is 1.60. The molecule has 5 rings (SSSR count). The van der Waals surface area contributed by atoms with Gasteiger partial charge in [0.05, 0.1) is 0 Å². The molecule has 0 saturated heterocycles. The lowest BCUT2D eigenvalue weighted by atomic mass is 9.81. The van der Waals surface area contributed by atoms with E-state index >= 15 is 0 Å². The Morgan fingerprint density at radius 3 is 1.96 bits per heavy atom. The molecule has 4 aromatic rings. The number of hydrogen-bond donors (Lipinski definition) is 0. The Hall–Kier alpha value is -2.64. The number of halogens is 1. The van der Waals surface area contributed by atoms with Crippen molar-refractivity contribution in [3.63, 3.8) is 0 Å². The van der Waals surface area contributed by atoms with Crippen LogP contribution in [0.15, 0.2) is 95.5 Å². The first kappa shape index (κ1) is 17.5. The van der Waals surface area contributed by atoms with Gasteiger partial charge in [0.25, 0.3) is 0 Å². The molecule has 0 nitrogen and oxygen atoms in total. The third-order valence-electron chi connectivity index (χ3n) is 5.97. The summed E-state index contributed by atoms with van der Waals surface area (Å²) in [5.74, 6) is 0. The molecule has 0 atom stereocenters. The van der Waals surface area contributed by atoms with Gasteiger partial charge >= 0.3 is 0 Å². The zero-order valence-corrected chi connectivity index (χ0v) is 17.6. The summed E-state index contributed by atoms with van der Waals surface area (Å²) in [7, 11) is 0. The van der Waals surface area contributed by atoms with Crippen LogP contribution in [0.5, 0.6) is 0 Å². The molecule has 1 heteroatoms. The average molecular weight is 425 g/mol. The molecule has 0 saturated carbocycles. The summed E-state index contributed by atoms with van der Waals surface area (Å²) in [5.41, 5.74) is 10.5. The zero-order valence-electron chi connectivity index (χ0n) is 16.0. The van der Waals surface area contributed by atoms with Gasteiger partial charge in [-0.3, -0.25) is 0 Å². The van der Waals surface area contributed by atoms with Crippen LogP contribution in [0.25, 0.3) is 33.4 Å². The van der Waals surface area contributed by atoms with E-state index in [2.05, 4.69) is 121 Å². The molecule has 1 aliphatic rings. The SMILES string of the molecule is CC1(C)c2ccccc2-c2ccc(-c3ccc(-c4ccccc4)cc3Br)cc21. The van der Waals surface area contributed by atoms with Gasteiger partial charge in [0.2, 0.25) is 0 Å². The Bertz CT molecular complexity index is 1190. The van der Waals surface area contributed by atoms with E-state index in [0.717, 1.165) is 4.47 Å². The molecule has 136 valence electrons. The second-order valence-electron chi connectivity index (χ2n) is 7.99. The predicted molar refractivity (Wildman–Crippen MR) is 123 cm³/mol. The van der Waals surface area contributed by atoms with Gasteiger partial charge in [0.15, 0.2) is 0 Å². The van der Waals surface area contributed by atoms with E-state index in [0.29, 0.717) is 0 Å². The van der Waals surface area contributed by atoms with Crippen LogP contribution in [0.1, 0.15) is 25.0 Å². The van der Waals surface area contributed by atoms with Crippen molar-refractivity contribution in [1.82, 2.24) is 0 Å². The largest absolute Gasteiger partial charge is 0.0622 e. The molecule has 0 N–H and O–H groups in total. The molecular weight excluding hydrogens is 404 g/mol. The van der Waals surface area contributed by atoms with Gasteiger partial charge in [-0.05, 0) is 56.6 Å². The maximum atomic E-state index is 3.82. The highest BCUT2D eigenvalue weighted by atomic mass is 79.9. The predicted octanol–water partition coefficient (Wildman–Crippen LogP) is 8.09. The fourth-order valence-electron chi connectivity index (χ4n) is 4.43. The average Bonchev–Trinajstić information content (AvgIpc) is 2.96. The Labute approximate surface area is 175 Å². The third-order valence-corrected chi connectivity index (χ3v) is 6.63. The summed E-state index contributed by atoms with van der Waals surface area (Å²) in [6, 6.07) is 32.9. The second kappa shape index (κ2) is 6.46. The maximum absolute atomic E-state index is 3.82. The van der Waals surface area contributed by atoms with E-state index < -0.39 is 0 Å². The first-order valence-electron chi connectivity index (χ1n) is 9.65. The van der Waals surface area contributed by atoms with Gasteiger partial charge in [-0.1, -0.05) is 109 Å². The molecule has 0 aromatic heterocycles. The van der Waals surface area contributed by atoms with Gasteiger partial charge in [0, 0.05) is 9.89 Å². The highest BCUT2D eigenvalue weighted by Crippen LogP contribution is 2.49. The molecule has 0 aliphatic heterocycles. The van der Waals surface area contributed by atoms with Crippen molar-refractivity contribution in [3.05, 3.63) is 107 Å². The van der Waals surface area contributed by atoms with Gasteiger partial charge in [-0.15, -0.1) is 0 Å². The summed E-state index contributed by atoms with van der Waals surface area (Å²) in [4.78, 5) is 0. The minimum Gasteiger partial charge on any atom is -0.0622 e. The summed E-state index contributed by atoms with van der Waals surface area (Å²) in [6.07, 6.45) is 0. The lowest BCUT2D eigenvalue weighted by molar-refractivity contribution is 0.660. The van der Waals surface area contributed by atoms with E-state index in [1.807, 2.05) is 0 Å². The van der Waals surface area contributed by atoms with Crippen molar-refractivity contribution >= 4 is 15.9 Å². The van der Waals surface area contributed by atoms with Crippen LogP contribution < -0.4 is 0 Å². The van der Waals surface area contributed by atoms with Crippen molar-refractivity contribution in [2.75, 3.05) is 0 Å². The maximum Gasteiger partial charge on any atom is 0.0259 e. The third kappa shape index (κ3) is 2.65. The van der Waals surface area contributed by atoms with Crippen molar-refractivity contribution < 1.29 is 0 Å². The van der Waals surface area contributed by atoms with Crippen molar-refractivity contribution in [3.8, 4) is 33.4 Å². The van der Waals surface area contributed by atoms with Crippen LogP contribution in [-0.2, 0) is 5.41 Å². The number of rotatable bonds is 2. The van der Waals surface area contributed by atoms with E-state index in [9.17, 15) is 0 Å². The molecular formula is C27H21Br. The monoisotopic (exact) mass is 424 g/mol. The molecule has 0 bridgehead atoms. The van der Waals surface area contributed by atoms with Crippen LogP contribution in [0.2, 0.25) is 0 Å². The molecule has 0 heterocycles. The molecule has 4 aromatic carbocycles. The highest BCUT2D eigenvalue weighted by Gasteiger charge is 2.35. The van der Waals surface area contributed by atoms with Gasteiger partial charge < -0.3 is 0 Å². The van der Waals surface area contributed by atoms with E-state index in [-0.39, 0.29) is 5.41 Å². The lowest BCUT2D eigenvalue weighted by Crippen LogP contribution is -2.14. The molecule has 0 amide bonds. The highest BCUT2D eigenvalue weighted by molar-refractivity contribution is 9.10. The standard InChI is InChI=1S/C27H21Br/c1-27(2)24-11-7-6-10-22(24)23-15-13-20(16-25(23)27)21-14-12-19(17-26(21)28)18-8-4-3-5-9-18/h3-17H,1-2H3. The van der Waals surface area contributed by atoms with Gasteiger partial charge in [-0.25, -0.2) is 0 Å². The van der Waals surface area contributed by atoms with Crippen molar-refractivity contribution in [2.45, 2.75) is 19.3 Å². The Morgan fingerprint density at radius 1 is 0.536 bits per heavy atom. The normalized spacial score (nSPS) is 13.8. The van der Waals surface area contributed by atoms with Crippen molar-refractivity contribution in [1.29, 1.82) is 0 Å². The second-order valence-corrected chi connectivity index (χ2v) is 8.85. The summed E-state index contributed by atoms with van der Waals surface area (Å²) in [6.45, 7) is 4.66. The van der Waals surface area contributed by atoms with Gasteiger partial charge in [-0.2, -0.15) is 0 Å². The Morgan fingerprint density at radius 2 is 1.18 bits per heavy atom. The first-order valence-corrected chi connectivity index (χ1v) is 10.4. The number of fused-ring (bicyclic) bond motifs is 3. The minimum absolute atomic E-state index is 0.0262. The first-order chi connectivity index (χ1) is 13.6. The number of benzene rings is 4. The fraction of sp³-hybridized carbons (Fsp3) is 0.111. The van der Waals surface area contributed by atoms with E-state index in [1.54, 1.807) is 0 Å². The fourth-order valence-corrected chi connectivity index (χ4v) is 5.04. The number of hydrogen-bond acceptors (Lipinski definition) is 0. The Kier molecular flexibility index (Phi) is 4.03. The van der Waals surface area contributed by atoms with E-state index in [1.165, 1.54) is 44.5 Å². The molecule has 0 spiro atoms. The van der Waals surface area contributed by atoms with Crippen LogP contribution in [-0.4, -0.2) is 0 Å². The zero-order chi connectivity index (χ0) is 19.3. The van der Waals surface area contributed by atoms with Crippen molar-refractivity contribution in [2.24, 2.45) is 0 Å². The lowest BCUT2D eigenvalue weighted by Gasteiger charge is -2.22. The smallest absolute Gasteiger partial charge is 0.0259 e.